The first-order chi connectivity index (χ1) is 9.59. The quantitative estimate of drug-likeness (QED) is 0.194. The maximum absolute atomic E-state index is 11.5. The Bertz CT molecular complexity index is 710. The molecule has 1 aromatic carbocycles. The standard InChI is InChI=1S/C12H14N2O6S.K/c1-7(15)5-12(17)14-10-4-3-9(13-8(2)16)6-11(10)21(18,19)20;/h3-4,6H,5H2,1-2H3,(H,13,16)(H,14,17)(H,18,19,20);/q;+1/p-1. The molecule has 0 aliphatic rings. The van der Waals surface area contributed by atoms with Crippen LogP contribution in [0.25, 0.3) is 0 Å². The number of hydrogen-bond donors (Lipinski definition) is 2. The second-order valence-corrected chi connectivity index (χ2v) is 5.60. The van der Waals surface area contributed by atoms with E-state index in [1.165, 1.54) is 26.0 Å². The van der Waals surface area contributed by atoms with Gasteiger partial charge in [0, 0.05) is 0 Å². The van der Waals surface area contributed by atoms with E-state index in [9.17, 15) is 23.1 Å². The number of ketones is 1. The molecule has 8 nitrogen and oxygen atoms in total. The molecule has 0 bridgehead atoms. The van der Waals surface area contributed by atoms with Crippen LogP contribution in [0.5, 0.6) is 0 Å². The zero-order chi connectivity index (χ0) is 16.2. The van der Waals surface area contributed by atoms with E-state index in [2.05, 4.69) is 10.3 Å². The Hall–Kier alpha value is -0.624. The Morgan fingerprint density at radius 2 is 1.91 bits per heavy atom. The van der Waals surface area contributed by atoms with Gasteiger partial charge < -0.3 is 10.4 Å². The number of amides is 1. The van der Waals surface area contributed by atoms with Crippen LogP contribution in [-0.2, 0) is 19.7 Å². The van der Waals surface area contributed by atoms with E-state index < -0.39 is 39.0 Å². The summed E-state index contributed by atoms with van der Waals surface area (Å²) in [4.78, 5) is 25.2. The van der Waals surface area contributed by atoms with Crippen molar-refractivity contribution in [2.24, 2.45) is 4.99 Å². The van der Waals surface area contributed by atoms with Crippen LogP contribution in [0.1, 0.15) is 20.3 Å². The van der Waals surface area contributed by atoms with Crippen LogP contribution in [0.4, 0.5) is 11.4 Å². The summed E-state index contributed by atoms with van der Waals surface area (Å²) in [6.45, 7) is 2.38. The van der Waals surface area contributed by atoms with Gasteiger partial charge in [0.15, 0.2) is 0 Å². The van der Waals surface area contributed by atoms with Gasteiger partial charge in [-0.15, -0.1) is 0 Å². The minimum absolute atomic E-state index is 0. The molecule has 0 radical (unpaired) electrons. The van der Waals surface area contributed by atoms with E-state index in [4.69, 9.17) is 4.55 Å². The maximum atomic E-state index is 11.5. The molecule has 0 aromatic heterocycles. The van der Waals surface area contributed by atoms with Gasteiger partial charge in [0.05, 0.1) is 17.8 Å². The molecule has 114 valence electrons. The Balaban J connectivity index is 0.00000441. The smallest absolute Gasteiger partial charge is 0.862 e. The number of carbonyl (C=O) groups excluding carboxylic acids is 2. The van der Waals surface area contributed by atoms with Crippen molar-refractivity contribution in [3.8, 4) is 0 Å². The molecule has 0 unspecified atom stereocenters. The zero-order valence-electron chi connectivity index (χ0n) is 12.3. The number of anilines is 1. The van der Waals surface area contributed by atoms with Crippen LogP contribution in [0, 0.1) is 0 Å². The van der Waals surface area contributed by atoms with Crippen LogP contribution < -0.4 is 61.8 Å². The van der Waals surface area contributed by atoms with Crippen LogP contribution in [-0.4, -0.2) is 30.6 Å². The second-order valence-electron chi connectivity index (χ2n) is 4.21. The zero-order valence-corrected chi connectivity index (χ0v) is 16.2. The number of nitrogens with one attached hydrogen (secondary N) is 1. The Labute approximate surface area is 170 Å². The SMILES string of the molecule is CC(=O)CC(=O)Nc1ccc(N=C(C)[O-])cc1S(=O)(=O)O.[K+]. The summed E-state index contributed by atoms with van der Waals surface area (Å²) in [5, 5.41) is 13.1. The molecule has 10 heteroatoms. The number of carbonyl (C=O) groups is 2. The number of hydrogen-bond acceptors (Lipinski definition) is 6. The van der Waals surface area contributed by atoms with Gasteiger partial charge in [-0.1, -0.05) is 0 Å². The monoisotopic (exact) mass is 352 g/mol. The van der Waals surface area contributed by atoms with Crippen LogP contribution >= 0.6 is 0 Å². The first-order valence-electron chi connectivity index (χ1n) is 5.72. The first kappa shape index (κ1) is 21.4. The number of rotatable bonds is 5. The van der Waals surface area contributed by atoms with Gasteiger partial charge in [0.2, 0.25) is 5.91 Å². The molecule has 2 N–H and O–H groups in total. The van der Waals surface area contributed by atoms with Crippen molar-refractivity contribution in [2.45, 2.75) is 25.2 Å². The van der Waals surface area contributed by atoms with E-state index >= 15 is 0 Å². The van der Waals surface area contributed by atoms with Gasteiger partial charge in [-0.2, -0.15) is 8.42 Å². The molecule has 0 saturated carbocycles. The van der Waals surface area contributed by atoms with E-state index in [1.807, 2.05) is 0 Å². The van der Waals surface area contributed by atoms with E-state index in [0.717, 1.165) is 6.07 Å². The fourth-order valence-corrected chi connectivity index (χ4v) is 2.17. The molecule has 0 spiro atoms. The van der Waals surface area contributed by atoms with Crippen molar-refractivity contribution < 1.29 is 79.1 Å². The molecule has 0 heterocycles. The Kier molecular flexibility index (Phi) is 8.61. The molecule has 22 heavy (non-hydrogen) atoms. The number of nitrogens with zero attached hydrogens (tertiary/aromatic N) is 1. The minimum Gasteiger partial charge on any atom is -0.862 e. The van der Waals surface area contributed by atoms with Crippen molar-refractivity contribution in [2.75, 3.05) is 5.32 Å². The molecule has 0 aliphatic carbocycles. The second kappa shape index (κ2) is 8.86. The maximum Gasteiger partial charge on any atom is 1.00 e. The molecule has 0 atom stereocenters. The van der Waals surface area contributed by atoms with Gasteiger partial charge in [0.25, 0.3) is 10.1 Å². The molecule has 1 amide bonds. The summed E-state index contributed by atoms with van der Waals surface area (Å²) in [5.41, 5.74) is -0.189. The van der Waals surface area contributed by atoms with Gasteiger partial charge >= 0.3 is 51.4 Å². The van der Waals surface area contributed by atoms with Crippen molar-refractivity contribution in [1.29, 1.82) is 0 Å². The van der Waals surface area contributed by atoms with Crippen molar-refractivity contribution in [3.05, 3.63) is 18.2 Å². The van der Waals surface area contributed by atoms with Crippen LogP contribution in [0.3, 0.4) is 0 Å². The van der Waals surface area contributed by atoms with Crippen molar-refractivity contribution in [3.63, 3.8) is 0 Å². The molecule has 0 aliphatic heterocycles. The van der Waals surface area contributed by atoms with E-state index in [0.29, 0.717) is 0 Å². The molecule has 1 aromatic rings. The van der Waals surface area contributed by atoms with E-state index in [1.54, 1.807) is 0 Å². The average molecular weight is 352 g/mol. The number of Topliss-reactive ketones (excluding diaryl/α,β-unsaturated/α-hetero) is 1. The summed E-state index contributed by atoms with van der Waals surface area (Å²) in [6.07, 6.45) is -0.426. The third-order valence-electron chi connectivity index (χ3n) is 2.21. The van der Waals surface area contributed by atoms with E-state index in [-0.39, 0.29) is 62.8 Å². The Morgan fingerprint density at radius 3 is 2.36 bits per heavy atom. The third-order valence-corrected chi connectivity index (χ3v) is 3.11. The predicted molar refractivity (Wildman–Crippen MR) is 73.0 cm³/mol. The van der Waals surface area contributed by atoms with Crippen molar-refractivity contribution in [1.82, 2.24) is 0 Å². The first-order valence-corrected chi connectivity index (χ1v) is 7.16. The molecular formula is C12H13KN2O6S. The van der Waals surface area contributed by atoms with Gasteiger partial charge in [0.1, 0.15) is 10.7 Å². The summed E-state index contributed by atoms with van der Waals surface area (Å²) >= 11 is 0. The third kappa shape index (κ3) is 7.09. The summed E-state index contributed by atoms with van der Waals surface area (Å²) in [6, 6.07) is 3.41. The fourth-order valence-electron chi connectivity index (χ4n) is 1.50. The van der Waals surface area contributed by atoms with Crippen LogP contribution in [0.15, 0.2) is 28.1 Å². The topological polar surface area (TPSA) is 136 Å². The normalized spacial score (nSPS) is 11.5. The molecule has 0 fully saturated rings. The molecule has 1 rings (SSSR count). The number of aliphatic imine (C=N–C) groups is 1. The van der Waals surface area contributed by atoms with Crippen molar-refractivity contribution >= 4 is 39.1 Å². The average Bonchev–Trinajstić information content (AvgIpc) is 2.27. The summed E-state index contributed by atoms with van der Waals surface area (Å²) < 4.78 is 31.8. The molecule has 0 saturated heterocycles. The van der Waals surface area contributed by atoms with Crippen LogP contribution in [0.2, 0.25) is 0 Å². The minimum atomic E-state index is -4.64. The predicted octanol–water partition coefficient (Wildman–Crippen LogP) is -2.73. The largest absolute Gasteiger partial charge is 1.00 e. The van der Waals surface area contributed by atoms with Gasteiger partial charge in [-0.05, 0) is 37.9 Å². The number of benzene rings is 1. The fraction of sp³-hybridized carbons (Fsp3) is 0.250. The Morgan fingerprint density at radius 1 is 1.32 bits per heavy atom. The molecular weight excluding hydrogens is 339 g/mol. The summed E-state index contributed by atoms with van der Waals surface area (Å²) in [7, 11) is -4.64. The van der Waals surface area contributed by atoms with Gasteiger partial charge in [-0.25, -0.2) is 0 Å². The van der Waals surface area contributed by atoms with Gasteiger partial charge in [-0.3, -0.25) is 19.1 Å². The summed E-state index contributed by atoms with van der Waals surface area (Å²) in [5.74, 6) is -1.67.